The van der Waals surface area contributed by atoms with Crippen LogP contribution < -0.4 is 0 Å². The average molecular weight is 209 g/mol. The molecule has 1 aromatic rings. The first-order chi connectivity index (χ1) is 5.52. The Kier molecular flexibility index (Phi) is 2.94. The highest BCUT2D eigenvalue weighted by Crippen LogP contribution is 2.27. The fourth-order valence-electron chi connectivity index (χ4n) is 0.816. The van der Waals surface area contributed by atoms with E-state index < -0.39 is 11.9 Å². The Morgan fingerprint density at radius 1 is 1.33 bits per heavy atom. The van der Waals surface area contributed by atoms with Crippen LogP contribution in [0.1, 0.15) is 18.6 Å². The summed E-state index contributed by atoms with van der Waals surface area (Å²) in [6.07, 6.45) is -0.694. The maximum absolute atomic E-state index is 12.8. The summed E-state index contributed by atoms with van der Waals surface area (Å²) >= 11 is 11.0. The van der Waals surface area contributed by atoms with E-state index in [4.69, 9.17) is 28.3 Å². The minimum absolute atomic E-state index is 0.0709. The quantitative estimate of drug-likeness (QED) is 0.704. The van der Waals surface area contributed by atoms with Crippen molar-refractivity contribution in [2.45, 2.75) is 13.0 Å². The van der Waals surface area contributed by atoms with Crippen molar-refractivity contribution < 1.29 is 9.50 Å². The first-order valence-corrected chi connectivity index (χ1v) is 4.10. The summed E-state index contributed by atoms with van der Waals surface area (Å²) in [6, 6.07) is 2.71. The smallest absolute Gasteiger partial charge is 0.160 e. The van der Waals surface area contributed by atoms with Gasteiger partial charge < -0.3 is 5.11 Å². The lowest BCUT2D eigenvalue weighted by molar-refractivity contribution is 0.199. The molecule has 0 spiro atoms. The number of benzene rings is 1. The Hall–Kier alpha value is -0.310. The SMILES string of the molecule is CC(O)c1cc(Cl)c(F)c(Cl)c1. The maximum atomic E-state index is 12.8. The van der Waals surface area contributed by atoms with Gasteiger partial charge in [0.05, 0.1) is 16.1 Å². The van der Waals surface area contributed by atoms with Crippen molar-refractivity contribution in [3.63, 3.8) is 0 Å². The molecular formula is C8H7Cl2FO. The third-order valence-corrected chi connectivity index (χ3v) is 2.04. The lowest BCUT2D eigenvalue weighted by atomic mass is 10.1. The van der Waals surface area contributed by atoms with E-state index in [2.05, 4.69) is 0 Å². The number of hydrogen-bond donors (Lipinski definition) is 1. The van der Waals surface area contributed by atoms with Crippen molar-refractivity contribution in [2.75, 3.05) is 0 Å². The van der Waals surface area contributed by atoms with Gasteiger partial charge in [-0.05, 0) is 24.6 Å². The monoisotopic (exact) mass is 208 g/mol. The molecule has 0 saturated carbocycles. The Balaban J connectivity index is 3.21. The molecular weight excluding hydrogens is 202 g/mol. The Morgan fingerprint density at radius 3 is 2.08 bits per heavy atom. The molecule has 66 valence electrons. The van der Waals surface area contributed by atoms with Crippen molar-refractivity contribution in [2.24, 2.45) is 0 Å². The molecule has 1 atom stereocenters. The molecule has 4 heteroatoms. The van der Waals surface area contributed by atoms with Gasteiger partial charge in [0.1, 0.15) is 0 Å². The lowest BCUT2D eigenvalue weighted by Gasteiger charge is -2.06. The molecule has 0 aliphatic heterocycles. The summed E-state index contributed by atoms with van der Waals surface area (Å²) in [6.45, 7) is 1.56. The number of hydrogen-bond acceptors (Lipinski definition) is 1. The van der Waals surface area contributed by atoms with Crippen LogP contribution in [0.25, 0.3) is 0 Å². The Labute approximate surface area is 79.7 Å². The van der Waals surface area contributed by atoms with Gasteiger partial charge in [-0.15, -0.1) is 0 Å². The summed E-state index contributed by atoms with van der Waals surface area (Å²) < 4.78 is 12.8. The fraction of sp³-hybridized carbons (Fsp3) is 0.250. The van der Waals surface area contributed by atoms with E-state index in [-0.39, 0.29) is 10.0 Å². The molecule has 0 saturated heterocycles. The van der Waals surface area contributed by atoms with Crippen LogP contribution in [-0.2, 0) is 0 Å². The molecule has 1 aromatic carbocycles. The molecule has 0 heterocycles. The van der Waals surface area contributed by atoms with Crippen LogP contribution in [0.5, 0.6) is 0 Å². The normalized spacial score (nSPS) is 13.1. The molecule has 12 heavy (non-hydrogen) atoms. The van der Waals surface area contributed by atoms with Crippen LogP contribution in [0, 0.1) is 5.82 Å². The Bertz CT molecular complexity index is 276. The van der Waals surface area contributed by atoms with Gasteiger partial charge in [0, 0.05) is 0 Å². The van der Waals surface area contributed by atoms with E-state index in [1.54, 1.807) is 6.92 Å². The van der Waals surface area contributed by atoms with Crippen molar-refractivity contribution in [1.29, 1.82) is 0 Å². The molecule has 0 radical (unpaired) electrons. The molecule has 0 aromatic heterocycles. The molecule has 0 amide bonds. The van der Waals surface area contributed by atoms with Crippen LogP contribution in [0.15, 0.2) is 12.1 Å². The van der Waals surface area contributed by atoms with Gasteiger partial charge >= 0.3 is 0 Å². The van der Waals surface area contributed by atoms with Gasteiger partial charge in [-0.3, -0.25) is 0 Å². The highest BCUT2D eigenvalue weighted by molar-refractivity contribution is 6.35. The topological polar surface area (TPSA) is 20.2 Å². The Morgan fingerprint density at radius 2 is 1.75 bits per heavy atom. The van der Waals surface area contributed by atoms with E-state index >= 15 is 0 Å². The number of aliphatic hydroxyl groups excluding tert-OH is 1. The standard InChI is InChI=1S/C8H7Cl2FO/c1-4(12)5-2-6(9)8(11)7(10)3-5/h2-4,12H,1H3. The fourth-order valence-corrected chi connectivity index (χ4v) is 1.32. The van der Waals surface area contributed by atoms with Crippen molar-refractivity contribution in [1.82, 2.24) is 0 Å². The van der Waals surface area contributed by atoms with Crippen LogP contribution in [-0.4, -0.2) is 5.11 Å². The van der Waals surface area contributed by atoms with Gasteiger partial charge in [0.15, 0.2) is 5.82 Å². The molecule has 0 fully saturated rings. The molecule has 1 N–H and O–H groups in total. The minimum atomic E-state index is -0.694. The largest absolute Gasteiger partial charge is 0.389 e. The van der Waals surface area contributed by atoms with E-state index in [0.29, 0.717) is 5.56 Å². The average Bonchev–Trinajstić information content (AvgIpc) is 1.99. The van der Waals surface area contributed by atoms with Gasteiger partial charge in [-0.1, -0.05) is 23.2 Å². The second-order valence-corrected chi connectivity index (χ2v) is 3.29. The first kappa shape index (κ1) is 9.78. The van der Waals surface area contributed by atoms with Crippen LogP contribution >= 0.6 is 23.2 Å². The number of aliphatic hydroxyl groups is 1. The zero-order chi connectivity index (χ0) is 9.30. The summed E-state index contributed by atoms with van der Waals surface area (Å²) in [5.74, 6) is -0.650. The zero-order valence-electron chi connectivity index (χ0n) is 6.31. The van der Waals surface area contributed by atoms with E-state index in [9.17, 15) is 4.39 Å². The molecule has 0 aliphatic rings. The van der Waals surface area contributed by atoms with Crippen LogP contribution in [0.4, 0.5) is 4.39 Å². The maximum Gasteiger partial charge on any atom is 0.160 e. The predicted molar refractivity (Wildman–Crippen MR) is 47.1 cm³/mol. The van der Waals surface area contributed by atoms with Crippen LogP contribution in [0.3, 0.4) is 0 Å². The minimum Gasteiger partial charge on any atom is -0.389 e. The molecule has 1 rings (SSSR count). The van der Waals surface area contributed by atoms with Gasteiger partial charge in [0.25, 0.3) is 0 Å². The lowest BCUT2D eigenvalue weighted by Crippen LogP contribution is -1.92. The van der Waals surface area contributed by atoms with Crippen molar-refractivity contribution >= 4 is 23.2 Å². The predicted octanol–water partition coefficient (Wildman–Crippen LogP) is 3.19. The third-order valence-electron chi connectivity index (χ3n) is 1.49. The second kappa shape index (κ2) is 3.60. The van der Waals surface area contributed by atoms with E-state index in [0.717, 1.165) is 0 Å². The molecule has 1 unspecified atom stereocenters. The summed E-state index contributed by atoms with van der Waals surface area (Å²) in [5.41, 5.74) is 0.506. The first-order valence-electron chi connectivity index (χ1n) is 3.35. The molecule has 0 bridgehead atoms. The van der Waals surface area contributed by atoms with E-state index in [1.165, 1.54) is 12.1 Å². The van der Waals surface area contributed by atoms with Crippen molar-refractivity contribution in [3.8, 4) is 0 Å². The van der Waals surface area contributed by atoms with Gasteiger partial charge in [-0.25, -0.2) is 4.39 Å². The summed E-state index contributed by atoms with van der Waals surface area (Å²) in [5, 5.41) is 8.98. The highest BCUT2D eigenvalue weighted by Gasteiger charge is 2.09. The highest BCUT2D eigenvalue weighted by atomic mass is 35.5. The van der Waals surface area contributed by atoms with Gasteiger partial charge in [0.2, 0.25) is 0 Å². The molecule has 0 aliphatic carbocycles. The second-order valence-electron chi connectivity index (χ2n) is 2.47. The van der Waals surface area contributed by atoms with Gasteiger partial charge in [-0.2, -0.15) is 0 Å². The number of halogens is 3. The van der Waals surface area contributed by atoms with Crippen molar-refractivity contribution in [3.05, 3.63) is 33.6 Å². The van der Waals surface area contributed by atoms with Crippen LogP contribution in [0.2, 0.25) is 10.0 Å². The molecule has 1 nitrogen and oxygen atoms in total. The summed E-state index contributed by atoms with van der Waals surface area (Å²) in [7, 11) is 0. The number of rotatable bonds is 1. The summed E-state index contributed by atoms with van der Waals surface area (Å²) in [4.78, 5) is 0. The third kappa shape index (κ3) is 1.89. The van der Waals surface area contributed by atoms with E-state index in [1.807, 2.05) is 0 Å². The zero-order valence-corrected chi connectivity index (χ0v) is 7.83.